The molecule has 0 aliphatic carbocycles. The Morgan fingerprint density at radius 2 is 1.87 bits per heavy atom. The second kappa shape index (κ2) is 14.5. The summed E-state index contributed by atoms with van der Waals surface area (Å²) >= 11 is 0.918. The van der Waals surface area contributed by atoms with Gasteiger partial charge in [0.15, 0.2) is 22.4 Å². The zero-order chi connectivity index (χ0) is 38.9. The molecule has 52 heavy (non-hydrogen) atoms. The Kier molecular flexibility index (Phi) is 11.0. The van der Waals surface area contributed by atoms with Gasteiger partial charge in [0, 0.05) is 30.4 Å². The monoisotopic (exact) mass is 788 g/mol. The largest absolute Gasteiger partial charge is 0.503 e. The van der Waals surface area contributed by atoms with Crippen molar-refractivity contribution in [1.29, 1.82) is 0 Å². The van der Waals surface area contributed by atoms with Crippen LogP contribution in [0.1, 0.15) is 39.3 Å². The highest BCUT2D eigenvalue weighted by Crippen LogP contribution is 2.24. The number of rotatable bonds is 14. The Bertz CT molecular complexity index is 2310. The van der Waals surface area contributed by atoms with Gasteiger partial charge in [-0.15, -0.1) is 16.4 Å². The average molecular weight is 789 g/mol. The number of carbonyl (C=O) groups excluding carboxylic acids is 3. The molecule has 2 atom stereocenters. The SMILES string of the molecule is CC[C@@H]1[C@H](NC(=O)/C(=N\OC(C)(C)C(=O)O)c2csc(N)n2)C(=O)N1C(=O)NS(=O)(=O)n1nc(-c2cc(=O)c(O)c[nH]2)n(CCCS(C)(=O)=O)c1=O. The fourth-order valence-electron chi connectivity index (χ4n) is 4.60. The number of urea groups is 1. The minimum Gasteiger partial charge on any atom is -0.503 e. The van der Waals surface area contributed by atoms with Gasteiger partial charge in [0.1, 0.15) is 21.6 Å². The number of nitrogens with one attached hydrogen (secondary N) is 3. The first kappa shape index (κ1) is 39.2. The summed E-state index contributed by atoms with van der Waals surface area (Å²) in [6, 6.07) is -3.30. The summed E-state index contributed by atoms with van der Waals surface area (Å²) in [5, 5.41) is 30.0. The molecule has 4 heterocycles. The van der Waals surface area contributed by atoms with Crippen LogP contribution in [0.25, 0.3) is 11.5 Å². The number of β-lactam (4-membered cyclic amide) rings is 1. The van der Waals surface area contributed by atoms with Gasteiger partial charge < -0.3 is 31.1 Å². The zero-order valence-corrected chi connectivity index (χ0v) is 30.0. The normalized spacial score (nSPS) is 16.7. The number of pyridine rings is 1. The number of amides is 4. The van der Waals surface area contributed by atoms with Crippen LogP contribution in [0.4, 0.5) is 9.93 Å². The number of hydrogen-bond acceptors (Lipinski definition) is 17. The third-order valence-electron chi connectivity index (χ3n) is 7.31. The number of aromatic nitrogens is 5. The number of carboxylic acids is 1. The van der Waals surface area contributed by atoms with E-state index in [4.69, 9.17) is 10.6 Å². The molecular weight excluding hydrogens is 757 g/mol. The molecule has 4 rings (SSSR count). The van der Waals surface area contributed by atoms with Crippen molar-refractivity contribution in [2.45, 2.75) is 57.8 Å². The highest BCUT2D eigenvalue weighted by molar-refractivity contribution is 7.90. The lowest BCUT2D eigenvalue weighted by molar-refractivity contribution is -0.161. The molecule has 1 fully saturated rings. The van der Waals surface area contributed by atoms with Crippen LogP contribution in [0.15, 0.2) is 32.4 Å². The van der Waals surface area contributed by atoms with Gasteiger partial charge >= 0.3 is 27.9 Å². The Balaban J connectivity index is 1.58. The van der Waals surface area contributed by atoms with E-state index in [9.17, 15) is 55.8 Å². The van der Waals surface area contributed by atoms with Crippen LogP contribution >= 0.6 is 11.3 Å². The Labute approximate surface area is 297 Å². The maximum atomic E-state index is 13.3. The number of anilines is 1. The molecule has 26 heteroatoms. The molecule has 282 valence electrons. The minimum absolute atomic E-state index is 0.0178. The van der Waals surface area contributed by atoms with Crippen molar-refractivity contribution in [2.75, 3.05) is 17.7 Å². The van der Waals surface area contributed by atoms with Crippen LogP contribution in [0.3, 0.4) is 0 Å². The second-order valence-corrected chi connectivity index (χ2v) is 16.3. The highest BCUT2D eigenvalue weighted by Gasteiger charge is 2.52. The first-order chi connectivity index (χ1) is 24.1. The third-order valence-corrected chi connectivity index (χ3v) is 10.1. The molecule has 4 amide bonds. The number of nitrogen functional groups attached to an aromatic ring is 1. The van der Waals surface area contributed by atoms with Crippen molar-refractivity contribution in [1.82, 2.24) is 38.7 Å². The number of nitrogens with two attached hydrogens (primary N) is 1. The highest BCUT2D eigenvalue weighted by atomic mass is 32.2. The topological polar surface area (TPSA) is 338 Å². The quantitative estimate of drug-likeness (QED) is 0.0572. The smallest absolute Gasteiger partial charge is 0.362 e. The third kappa shape index (κ3) is 8.28. The summed E-state index contributed by atoms with van der Waals surface area (Å²) in [6.45, 7) is 3.41. The van der Waals surface area contributed by atoms with Crippen LogP contribution in [-0.4, -0.2) is 115 Å². The number of aliphatic carboxylic acids is 1. The van der Waals surface area contributed by atoms with E-state index < -0.39 is 102 Å². The first-order valence-electron chi connectivity index (χ1n) is 14.8. The van der Waals surface area contributed by atoms with Gasteiger partial charge in [-0.05, 0) is 26.7 Å². The predicted molar refractivity (Wildman–Crippen MR) is 180 cm³/mol. The van der Waals surface area contributed by atoms with Gasteiger partial charge in [-0.2, -0.15) is 8.42 Å². The van der Waals surface area contributed by atoms with Crippen LogP contribution in [0, 0.1) is 0 Å². The molecular formula is C26H32N10O13S3. The van der Waals surface area contributed by atoms with E-state index in [1.807, 2.05) is 0 Å². The summed E-state index contributed by atoms with van der Waals surface area (Å²) in [4.78, 5) is 88.3. The molecule has 1 aliphatic heterocycles. The van der Waals surface area contributed by atoms with Gasteiger partial charge in [-0.3, -0.25) is 23.9 Å². The lowest BCUT2D eigenvalue weighted by Gasteiger charge is -2.44. The molecule has 23 nitrogen and oxygen atoms in total. The number of carbonyl (C=O) groups is 4. The fraction of sp³-hybridized carbons (Fsp3) is 0.423. The average Bonchev–Trinajstić information content (AvgIpc) is 3.61. The van der Waals surface area contributed by atoms with Gasteiger partial charge in [0.2, 0.25) is 11.0 Å². The van der Waals surface area contributed by atoms with Crippen LogP contribution in [-0.2, 0) is 45.8 Å². The number of thiazole rings is 1. The van der Waals surface area contributed by atoms with Gasteiger partial charge in [-0.1, -0.05) is 16.2 Å². The van der Waals surface area contributed by atoms with Crippen LogP contribution in [0.5, 0.6) is 5.75 Å². The molecule has 0 saturated carbocycles. The molecule has 3 aromatic rings. The number of imide groups is 1. The maximum Gasteiger partial charge on any atom is 0.362 e. The van der Waals surface area contributed by atoms with E-state index in [-0.39, 0.29) is 33.4 Å². The Hall–Kier alpha value is -5.63. The van der Waals surface area contributed by atoms with E-state index in [1.165, 1.54) is 12.3 Å². The number of carboxylic acid groups (broad SMARTS) is 1. The molecule has 7 N–H and O–H groups in total. The van der Waals surface area contributed by atoms with E-state index in [1.54, 1.807) is 4.72 Å². The molecule has 1 saturated heterocycles. The molecule has 1 aliphatic rings. The van der Waals surface area contributed by atoms with Crippen molar-refractivity contribution >= 4 is 66.0 Å². The summed E-state index contributed by atoms with van der Waals surface area (Å²) in [6.07, 6.45) is 1.58. The van der Waals surface area contributed by atoms with E-state index in [0.29, 0.717) is 4.90 Å². The van der Waals surface area contributed by atoms with Crippen LogP contribution < -0.4 is 26.9 Å². The summed E-state index contributed by atoms with van der Waals surface area (Å²) in [5.74, 6) is -5.18. The molecule has 0 radical (unpaired) electrons. The van der Waals surface area contributed by atoms with E-state index >= 15 is 0 Å². The number of aromatic amines is 1. The fourth-order valence-corrected chi connectivity index (χ4v) is 6.69. The summed E-state index contributed by atoms with van der Waals surface area (Å²) in [7, 11) is -8.74. The Morgan fingerprint density at radius 1 is 1.19 bits per heavy atom. The lowest BCUT2D eigenvalue weighted by Crippen LogP contribution is -2.74. The summed E-state index contributed by atoms with van der Waals surface area (Å²) in [5.41, 5.74) is 0.518. The number of likely N-dealkylation sites (tertiary alicyclic amines) is 1. The molecule has 0 spiro atoms. The van der Waals surface area contributed by atoms with Gasteiger partial charge in [-0.25, -0.2) is 32.5 Å². The van der Waals surface area contributed by atoms with E-state index in [0.717, 1.165) is 48.3 Å². The maximum absolute atomic E-state index is 13.3. The first-order valence-corrected chi connectivity index (χ1v) is 19.2. The van der Waals surface area contributed by atoms with Crippen molar-refractivity contribution in [3.63, 3.8) is 0 Å². The number of nitrogens with zero attached hydrogens (tertiary/aromatic N) is 6. The van der Waals surface area contributed by atoms with E-state index in [2.05, 4.69) is 25.5 Å². The second-order valence-electron chi connectivity index (χ2n) is 11.6. The molecule has 3 aromatic heterocycles. The zero-order valence-electron chi connectivity index (χ0n) is 27.6. The number of oxime groups is 1. The standard InChI is InChI=1S/C26H32N10O13S3/c1-5-14-18(30-20(39)17(13-11-50-23(27)29-13)32-49-26(2,3)22(41)42)21(40)35(14)24(43)33-52(47,48)36-25(44)34(7-6-8-51(4,45)46)19(31-36)12-9-15(37)16(38)10-28-12/h9-11,14,18,38H,5-8H2,1-4H3,(H2,27,29)(H,28,37)(H,30,39)(H,33,43)(H,41,42)/b32-17-/t14-,18+/m1/s1. The van der Waals surface area contributed by atoms with Gasteiger partial charge in [0.05, 0.1) is 17.5 Å². The van der Waals surface area contributed by atoms with Gasteiger partial charge in [0.25, 0.3) is 11.8 Å². The van der Waals surface area contributed by atoms with Crippen molar-refractivity contribution in [2.24, 2.45) is 5.16 Å². The number of sulfone groups is 1. The molecule has 0 aromatic carbocycles. The van der Waals surface area contributed by atoms with Crippen LogP contribution in [0.2, 0.25) is 0 Å². The molecule has 0 unspecified atom stereocenters. The molecule has 0 bridgehead atoms. The minimum atomic E-state index is -5.23. The number of hydrogen-bond donors (Lipinski definition) is 6. The van der Waals surface area contributed by atoms with Crippen molar-refractivity contribution < 1.29 is 51.1 Å². The number of H-pyrrole nitrogens is 1. The van der Waals surface area contributed by atoms with Crippen molar-refractivity contribution in [3.05, 3.63) is 44.0 Å². The predicted octanol–water partition coefficient (Wildman–Crippen LogP) is -2.23. The Morgan fingerprint density at radius 3 is 2.42 bits per heavy atom. The number of aromatic hydroxyl groups is 1. The van der Waals surface area contributed by atoms with Crippen molar-refractivity contribution in [3.8, 4) is 17.3 Å². The lowest BCUT2D eigenvalue weighted by atomic mass is 9.93. The summed E-state index contributed by atoms with van der Waals surface area (Å²) < 4.78 is 52.1.